The molecule has 0 spiro atoms. The van der Waals surface area contributed by atoms with Crippen molar-refractivity contribution in [3.8, 4) is 0 Å². The van der Waals surface area contributed by atoms with Crippen LogP contribution in [0.15, 0.2) is 0 Å². The van der Waals surface area contributed by atoms with Crippen LogP contribution < -0.4 is 5.73 Å². The van der Waals surface area contributed by atoms with Gasteiger partial charge in [0.25, 0.3) is 0 Å². The Hall–Kier alpha value is 0.518. The first-order valence-corrected chi connectivity index (χ1v) is 5.40. The number of nitrogens with two attached hydrogens (primary N) is 1. The van der Waals surface area contributed by atoms with Crippen molar-refractivity contribution >= 4 is 15.8 Å². The predicted octanol–water partition coefficient (Wildman–Crippen LogP) is 0.628. The molecule has 0 bridgehead atoms. The van der Waals surface area contributed by atoms with E-state index in [4.69, 9.17) is 5.73 Å². The van der Waals surface area contributed by atoms with E-state index in [2.05, 4.69) is 13.8 Å². The monoisotopic (exact) mass is 163 g/mol. The first-order valence-electron chi connectivity index (χ1n) is 2.71. The molecule has 0 fully saturated rings. The van der Waals surface area contributed by atoms with E-state index in [1.165, 1.54) is 5.21 Å². The van der Waals surface area contributed by atoms with Gasteiger partial charge in [-0.2, -0.15) is 0 Å². The van der Waals surface area contributed by atoms with Gasteiger partial charge in [0.1, 0.15) is 0 Å². The molecular weight excluding hydrogens is 149 g/mol. The predicted molar refractivity (Wildman–Crippen MR) is 36.1 cm³/mol. The van der Waals surface area contributed by atoms with Crippen molar-refractivity contribution in [1.82, 2.24) is 0 Å². The van der Waals surface area contributed by atoms with Crippen LogP contribution in [0.4, 0.5) is 0 Å². The van der Waals surface area contributed by atoms with Crippen LogP contribution in [-0.2, 0) is 0 Å². The van der Waals surface area contributed by atoms with E-state index in [1.54, 1.807) is 0 Å². The maximum atomic E-state index is 5.31. The third-order valence-electron chi connectivity index (χ3n) is 0.697. The Morgan fingerprint density at radius 2 is 2.14 bits per heavy atom. The standard InChI is InChI=1S/C5H14AsN/c1-5(2)6-3-4-7/h5-6H,3-4,7H2,1-2H3. The maximum absolute atomic E-state index is 5.31. The average molecular weight is 163 g/mol. The summed E-state index contributed by atoms with van der Waals surface area (Å²) in [5.41, 5.74) is 5.31. The molecule has 0 saturated carbocycles. The van der Waals surface area contributed by atoms with E-state index in [0.29, 0.717) is 15.8 Å². The van der Waals surface area contributed by atoms with Crippen molar-refractivity contribution in [2.24, 2.45) is 5.73 Å². The summed E-state index contributed by atoms with van der Waals surface area (Å²) in [6.07, 6.45) is 0. The minimum atomic E-state index is 0.326. The molecule has 7 heavy (non-hydrogen) atoms. The molecule has 2 N–H and O–H groups in total. The van der Waals surface area contributed by atoms with Gasteiger partial charge in [-0.15, -0.1) is 0 Å². The van der Waals surface area contributed by atoms with Gasteiger partial charge in [0.05, 0.1) is 0 Å². The van der Waals surface area contributed by atoms with Gasteiger partial charge in [0.2, 0.25) is 0 Å². The van der Waals surface area contributed by atoms with E-state index < -0.39 is 0 Å². The van der Waals surface area contributed by atoms with Crippen LogP contribution in [0.2, 0.25) is 9.91 Å². The Morgan fingerprint density at radius 1 is 1.57 bits per heavy atom. The summed E-state index contributed by atoms with van der Waals surface area (Å²) < 4.78 is 0.948. The fourth-order valence-corrected chi connectivity index (χ4v) is 1.93. The van der Waals surface area contributed by atoms with E-state index in [1.807, 2.05) is 0 Å². The van der Waals surface area contributed by atoms with Crippen molar-refractivity contribution in [1.29, 1.82) is 0 Å². The van der Waals surface area contributed by atoms with Gasteiger partial charge in [0.15, 0.2) is 0 Å². The average Bonchev–Trinajstić information content (AvgIpc) is 1.61. The zero-order valence-corrected chi connectivity index (χ0v) is 7.17. The second-order valence-electron chi connectivity index (χ2n) is 1.90. The van der Waals surface area contributed by atoms with E-state index in [-0.39, 0.29) is 0 Å². The summed E-state index contributed by atoms with van der Waals surface area (Å²) in [5.74, 6) is 0. The summed E-state index contributed by atoms with van der Waals surface area (Å²) in [6.45, 7) is 5.45. The quantitative estimate of drug-likeness (QED) is 0.606. The molecule has 0 amide bonds. The van der Waals surface area contributed by atoms with Crippen LogP contribution in [0, 0.1) is 0 Å². The van der Waals surface area contributed by atoms with Gasteiger partial charge in [-0.3, -0.25) is 0 Å². The molecule has 0 aromatic rings. The number of hydrogen-bond acceptors (Lipinski definition) is 1. The topological polar surface area (TPSA) is 26.0 Å². The summed E-state index contributed by atoms with van der Waals surface area (Å²) in [4.78, 5) is 0. The van der Waals surface area contributed by atoms with E-state index >= 15 is 0 Å². The van der Waals surface area contributed by atoms with Gasteiger partial charge < -0.3 is 0 Å². The van der Waals surface area contributed by atoms with Gasteiger partial charge in [-0.25, -0.2) is 0 Å². The van der Waals surface area contributed by atoms with Crippen molar-refractivity contribution < 1.29 is 0 Å². The molecule has 0 aliphatic rings. The van der Waals surface area contributed by atoms with Gasteiger partial charge in [0, 0.05) is 0 Å². The van der Waals surface area contributed by atoms with E-state index in [0.717, 1.165) is 11.3 Å². The van der Waals surface area contributed by atoms with Crippen molar-refractivity contribution in [2.45, 2.75) is 23.8 Å². The number of rotatable bonds is 3. The molecule has 0 saturated heterocycles. The third kappa shape index (κ3) is 6.52. The SMILES string of the molecule is CC(C)[AsH]CCN. The number of hydrogen-bond donors (Lipinski definition) is 1. The van der Waals surface area contributed by atoms with E-state index in [9.17, 15) is 0 Å². The minimum absolute atomic E-state index is 0.326. The molecule has 1 nitrogen and oxygen atoms in total. The van der Waals surface area contributed by atoms with Crippen LogP contribution >= 0.6 is 0 Å². The van der Waals surface area contributed by atoms with Crippen LogP contribution in [0.3, 0.4) is 0 Å². The summed E-state index contributed by atoms with van der Waals surface area (Å²) in [7, 11) is 0. The van der Waals surface area contributed by atoms with Gasteiger partial charge in [-0.05, 0) is 0 Å². The third-order valence-corrected chi connectivity index (χ3v) is 3.62. The fraction of sp³-hybridized carbons (Fsp3) is 1.00. The Kier molecular flexibility index (Phi) is 5.02. The molecule has 0 aromatic carbocycles. The normalized spacial score (nSPS) is 12.0. The summed E-state index contributed by atoms with van der Waals surface area (Å²) in [5, 5.41) is 1.30. The molecule has 0 aliphatic heterocycles. The first kappa shape index (κ1) is 7.52. The Labute approximate surface area is 52.3 Å². The summed E-state index contributed by atoms with van der Waals surface area (Å²) >= 11 is 0.326. The second kappa shape index (κ2) is 4.67. The Morgan fingerprint density at radius 3 is 2.29 bits per heavy atom. The molecule has 0 heterocycles. The molecule has 0 rings (SSSR count). The van der Waals surface area contributed by atoms with Crippen LogP contribution in [0.25, 0.3) is 0 Å². The van der Waals surface area contributed by atoms with Crippen LogP contribution in [0.1, 0.15) is 13.8 Å². The fourth-order valence-electron chi connectivity index (χ4n) is 0.372. The molecule has 2 heteroatoms. The van der Waals surface area contributed by atoms with Crippen molar-refractivity contribution in [2.75, 3.05) is 6.54 Å². The molecular formula is C5H14AsN. The van der Waals surface area contributed by atoms with Crippen molar-refractivity contribution in [3.63, 3.8) is 0 Å². The molecule has 0 aromatic heterocycles. The molecule has 1 atom stereocenters. The van der Waals surface area contributed by atoms with Gasteiger partial charge >= 0.3 is 51.8 Å². The van der Waals surface area contributed by atoms with Crippen LogP contribution in [-0.4, -0.2) is 22.3 Å². The molecule has 0 aliphatic carbocycles. The zero-order chi connectivity index (χ0) is 5.70. The molecule has 0 radical (unpaired) electrons. The first-order chi connectivity index (χ1) is 3.27. The summed E-state index contributed by atoms with van der Waals surface area (Å²) in [6, 6.07) is 0. The molecule has 44 valence electrons. The molecule has 1 unspecified atom stereocenters. The zero-order valence-electron chi connectivity index (χ0n) is 5.07. The Bertz CT molecular complexity index is 37.1. The Balaban J connectivity index is 2.68. The van der Waals surface area contributed by atoms with Gasteiger partial charge in [-0.1, -0.05) is 0 Å². The van der Waals surface area contributed by atoms with Crippen LogP contribution in [0.5, 0.6) is 0 Å². The second-order valence-corrected chi connectivity index (χ2v) is 6.23. The van der Waals surface area contributed by atoms with Crippen molar-refractivity contribution in [3.05, 3.63) is 0 Å².